The van der Waals surface area contributed by atoms with Crippen molar-refractivity contribution < 1.29 is 4.79 Å². The molecule has 2 aromatic heterocycles. The summed E-state index contributed by atoms with van der Waals surface area (Å²) in [6.07, 6.45) is 3.28. The predicted molar refractivity (Wildman–Crippen MR) is 111 cm³/mol. The Morgan fingerprint density at radius 3 is 2.46 bits per heavy atom. The molecular formula is C22H23N3O2S. The Morgan fingerprint density at radius 1 is 1.14 bits per heavy atom. The third kappa shape index (κ3) is 3.29. The van der Waals surface area contributed by atoms with Crippen LogP contribution < -0.4 is 5.56 Å². The summed E-state index contributed by atoms with van der Waals surface area (Å²) in [5.41, 5.74) is 2.47. The molecule has 4 rings (SSSR count). The fraction of sp³-hybridized carbons (Fsp3) is 0.318. The number of carbonyl (C=O) groups excluding carboxylic acids is 1. The van der Waals surface area contributed by atoms with Crippen molar-refractivity contribution in [2.45, 2.75) is 25.2 Å². The number of aromatic nitrogens is 2. The van der Waals surface area contributed by atoms with E-state index in [1.807, 2.05) is 17.9 Å². The summed E-state index contributed by atoms with van der Waals surface area (Å²) in [4.78, 5) is 31.5. The first-order valence-corrected chi connectivity index (χ1v) is 10.3. The standard InChI is InChI=1S/C22H23N3O2S/c1-16-23-19(15-28-16)22(18-6-4-3-5-7-18)9-12-25(13-10-22)21(27)17-8-11-24(2)20(26)14-17/h3-8,11,14-15H,9-10,12-13H2,1-2H3. The lowest BCUT2D eigenvalue weighted by Gasteiger charge is -2.41. The lowest BCUT2D eigenvalue weighted by Crippen LogP contribution is -2.46. The quantitative estimate of drug-likeness (QED) is 0.686. The topological polar surface area (TPSA) is 55.2 Å². The van der Waals surface area contributed by atoms with Gasteiger partial charge in [0.05, 0.1) is 10.7 Å². The van der Waals surface area contributed by atoms with Crippen molar-refractivity contribution in [1.82, 2.24) is 14.5 Å². The van der Waals surface area contributed by atoms with Crippen LogP contribution in [0.3, 0.4) is 0 Å². The molecule has 5 nitrogen and oxygen atoms in total. The second-order valence-corrected chi connectivity index (χ2v) is 8.42. The number of amides is 1. The van der Waals surface area contributed by atoms with Gasteiger partial charge in [-0.15, -0.1) is 11.3 Å². The SMILES string of the molecule is Cc1nc(C2(c3ccccc3)CCN(C(=O)c3ccn(C)c(=O)c3)CC2)cs1. The predicted octanol–water partition coefficient (Wildman–Crippen LogP) is 3.37. The Bertz CT molecular complexity index is 1050. The van der Waals surface area contributed by atoms with Crippen LogP contribution in [0, 0.1) is 6.92 Å². The molecule has 0 radical (unpaired) electrons. The first-order chi connectivity index (χ1) is 13.5. The first kappa shape index (κ1) is 18.6. The molecule has 0 N–H and O–H groups in total. The van der Waals surface area contributed by atoms with Crippen LogP contribution in [-0.4, -0.2) is 33.4 Å². The van der Waals surface area contributed by atoms with E-state index in [4.69, 9.17) is 4.98 Å². The van der Waals surface area contributed by atoms with Gasteiger partial charge in [-0.3, -0.25) is 9.59 Å². The smallest absolute Gasteiger partial charge is 0.254 e. The van der Waals surface area contributed by atoms with E-state index in [1.165, 1.54) is 16.2 Å². The van der Waals surface area contributed by atoms with Gasteiger partial charge in [0.2, 0.25) is 0 Å². The molecule has 6 heteroatoms. The Morgan fingerprint density at radius 2 is 1.86 bits per heavy atom. The molecule has 0 unspecified atom stereocenters. The summed E-state index contributed by atoms with van der Waals surface area (Å²) in [5, 5.41) is 3.21. The van der Waals surface area contributed by atoms with Crippen LogP contribution in [0.15, 0.2) is 58.8 Å². The molecule has 3 aromatic rings. The van der Waals surface area contributed by atoms with Crippen molar-refractivity contribution in [3.63, 3.8) is 0 Å². The summed E-state index contributed by atoms with van der Waals surface area (Å²) in [6.45, 7) is 3.31. The van der Waals surface area contributed by atoms with Crippen LogP contribution in [0.5, 0.6) is 0 Å². The largest absolute Gasteiger partial charge is 0.339 e. The number of pyridine rings is 1. The lowest BCUT2D eigenvalue weighted by atomic mass is 9.70. The van der Waals surface area contributed by atoms with Crippen LogP contribution >= 0.6 is 11.3 Å². The van der Waals surface area contributed by atoms with Crippen LogP contribution in [-0.2, 0) is 12.5 Å². The third-order valence-electron chi connectivity index (χ3n) is 5.69. The minimum Gasteiger partial charge on any atom is -0.339 e. The zero-order valence-corrected chi connectivity index (χ0v) is 16.9. The maximum atomic E-state index is 12.9. The second-order valence-electron chi connectivity index (χ2n) is 7.36. The summed E-state index contributed by atoms with van der Waals surface area (Å²) >= 11 is 1.67. The summed E-state index contributed by atoms with van der Waals surface area (Å²) in [6, 6.07) is 13.6. The summed E-state index contributed by atoms with van der Waals surface area (Å²) < 4.78 is 1.47. The van der Waals surface area contributed by atoms with E-state index >= 15 is 0 Å². The minimum absolute atomic E-state index is 0.0752. The van der Waals surface area contributed by atoms with Crippen LogP contribution in [0.25, 0.3) is 0 Å². The minimum atomic E-state index is -0.171. The van der Waals surface area contributed by atoms with E-state index in [0.717, 1.165) is 23.5 Å². The first-order valence-electron chi connectivity index (χ1n) is 9.44. The highest BCUT2D eigenvalue weighted by atomic mass is 32.1. The van der Waals surface area contributed by atoms with Crippen molar-refractivity contribution in [3.05, 3.63) is 86.2 Å². The Balaban J connectivity index is 1.61. The van der Waals surface area contributed by atoms with Gasteiger partial charge < -0.3 is 9.47 Å². The van der Waals surface area contributed by atoms with Crippen LogP contribution in [0.2, 0.25) is 0 Å². The fourth-order valence-electron chi connectivity index (χ4n) is 3.99. The molecule has 1 saturated heterocycles. The number of nitrogens with zero attached hydrogens (tertiary/aromatic N) is 3. The molecule has 1 aromatic carbocycles. The molecule has 0 saturated carbocycles. The molecule has 0 aliphatic carbocycles. The molecule has 3 heterocycles. The van der Waals surface area contributed by atoms with Gasteiger partial charge in [-0.25, -0.2) is 4.98 Å². The Hall–Kier alpha value is -2.73. The van der Waals surface area contributed by atoms with Crippen molar-refractivity contribution in [2.24, 2.45) is 7.05 Å². The second kappa shape index (κ2) is 7.36. The van der Waals surface area contributed by atoms with Gasteiger partial charge in [0.1, 0.15) is 0 Å². The maximum absolute atomic E-state index is 12.9. The number of likely N-dealkylation sites (tertiary alicyclic amines) is 1. The zero-order chi connectivity index (χ0) is 19.7. The van der Waals surface area contributed by atoms with Crippen molar-refractivity contribution in [1.29, 1.82) is 0 Å². The van der Waals surface area contributed by atoms with Gasteiger partial charge in [-0.2, -0.15) is 0 Å². The van der Waals surface area contributed by atoms with E-state index in [-0.39, 0.29) is 16.9 Å². The van der Waals surface area contributed by atoms with Crippen molar-refractivity contribution in [3.8, 4) is 0 Å². The third-order valence-corrected chi connectivity index (χ3v) is 6.46. The van der Waals surface area contributed by atoms with Gasteiger partial charge in [-0.1, -0.05) is 30.3 Å². The molecule has 0 spiro atoms. The number of carbonyl (C=O) groups is 1. The molecule has 1 fully saturated rings. The molecule has 0 bridgehead atoms. The van der Waals surface area contributed by atoms with Gasteiger partial charge >= 0.3 is 0 Å². The Kier molecular flexibility index (Phi) is 4.89. The fourth-order valence-corrected chi connectivity index (χ4v) is 4.70. The van der Waals surface area contributed by atoms with Crippen molar-refractivity contribution in [2.75, 3.05) is 13.1 Å². The number of benzene rings is 1. The molecule has 0 atom stereocenters. The normalized spacial score (nSPS) is 16.1. The number of piperidine rings is 1. The Labute approximate surface area is 168 Å². The van der Waals surface area contributed by atoms with E-state index in [2.05, 4.69) is 29.6 Å². The highest BCUT2D eigenvalue weighted by Gasteiger charge is 2.40. The number of rotatable bonds is 3. The van der Waals surface area contributed by atoms with Gasteiger partial charge in [0.25, 0.3) is 11.5 Å². The monoisotopic (exact) mass is 393 g/mol. The lowest BCUT2D eigenvalue weighted by molar-refractivity contribution is 0.0683. The van der Waals surface area contributed by atoms with Crippen molar-refractivity contribution >= 4 is 17.2 Å². The average molecular weight is 394 g/mol. The summed E-state index contributed by atoms with van der Waals surface area (Å²) in [5.74, 6) is -0.0752. The molecule has 1 amide bonds. The molecule has 144 valence electrons. The van der Waals surface area contributed by atoms with E-state index < -0.39 is 0 Å². The van der Waals surface area contributed by atoms with Gasteiger partial charge in [-0.05, 0) is 31.4 Å². The summed E-state index contributed by atoms with van der Waals surface area (Å²) in [7, 11) is 1.68. The van der Waals surface area contributed by atoms with Gasteiger partial charge in [0.15, 0.2) is 0 Å². The number of hydrogen-bond donors (Lipinski definition) is 0. The average Bonchev–Trinajstić information content (AvgIpc) is 3.17. The van der Waals surface area contributed by atoms with Crippen LogP contribution in [0.4, 0.5) is 0 Å². The number of thiazole rings is 1. The molecular weight excluding hydrogens is 370 g/mol. The van der Waals surface area contributed by atoms with Gasteiger partial charge in [0, 0.05) is 48.8 Å². The maximum Gasteiger partial charge on any atom is 0.254 e. The molecule has 1 aliphatic rings. The molecule has 28 heavy (non-hydrogen) atoms. The van der Waals surface area contributed by atoms with Crippen LogP contribution in [0.1, 0.15) is 39.5 Å². The van der Waals surface area contributed by atoms with E-state index in [9.17, 15) is 9.59 Å². The number of hydrogen-bond acceptors (Lipinski definition) is 4. The zero-order valence-electron chi connectivity index (χ0n) is 16.1. The molecule has 1 aliphatic heterocycles. The number of aryl methyl sites for hydroxylation is 2. The highest BCUT2D eigenvalue weighted by molar-refractivity contribution is 7.09. The highest BCUT2D eigenvalue weighted by Crippen LogP contribution is 2.42. The van der Waals surface area contributed by atoms with E-state index in [1.54, 1.807) is 30.6 Å². The van der Waals surface area contributed by atoms with E-state index in [0.29, 0.717) is 18.7 Å².